The molecule has 3 heteroatoms. The second-order valence-electron chi connectivity index (χ2n) is 4.85. The van der Waals surface area contributed by atoms with Crippen molar-refractivity contribution in [2.45, 2.75) is 39.2 Å². The molecule has 104 valence electrons. The van der Waals surface area contributed by atoms with Gasteiger partial charge in [0.15, 0.2) is 5.60 Å². The molecule has 0 radical (unpaired) electrons. The van der Waals surface area contributed by atoms with Gasteiger partial charge in [0, 0.05) is 17.5 Å². The average molecular weight is 270 g/mol. The van der Waals surface area contributed by atoms with Crippen molar-refractivity contribution in [1.82, 2.24) is 0 Å². The third-order valence-corrected chi connectivity index (χ3v) is 3.64. The molecule has 0 fully saturated rings. The molecule has 0 N–H and O–H groups in total. The van der Waals surface area contributed by atoms with E-state index in [4.69, 9.17) is 15.6 Å². The Labute approximate surface area is 118 Å². The molecule has 0 aliphatic rings. The van der Waals surface area contributed by atoms with Crippen molar-refractivity contribution < 1.29 is 9.15 Å². The van der Waals surface area contributed by atoms with Gasteiger partial charge in [0.1, 0.15) is 11.3 Å². The van der Waals surface area contributed by atoms with E-state index >= 15 is 0 Å². The molecule has 0 unspecified atom stereocenters. The number of aryl methyl sites for hydroxylation is 1. The van der Waals surface area contributed by atoms with Crippen molar-refractivity contribution in [2.75, 3.05) is 0 Å². The number of terminal acetylenes is 1. The lowest BCUT2D eigenvalue weighted by atomic mass is 9.98. The van der Waals surface area contributed by atoms with Crippen molar-refractivity contribution in [3.05, 3.63) is 40.2 Å². The molecule has 0 spiro atoms. The molecule has 2 aromatic rings. The molecule has 1 aromatic carbocycles. The summed E-state index contributed by atoms with van der Waals surface area (Å²) in [6, 6.07) is 6.94. The van der Waals surface area contributed by atoms with Gasteiger partial charge in [-0.15, -0.1) is 6.42 Å². The third kappa shape index (κ3) is 2.55. The van der Waals surface area contributed by atoms with Gasteiger partial charge in [-0.2, -0.15) is 0 Å². The minimum Gasteiger partial charge on any atom is -0.474 e. The Bertz CT molecular complexity index is 715. The highest BCUT2D eigenvalue weighted by Gasteiger charge is 2.25. The molecular formula is C17H18O3. The van der Waals surface area contributed by atoms with E-state index in [0.29, 0.717) is 11.3 Å². The Hall–Kier alpha value is -2.21. The van der Waals surface area contributed by atoms with Crippen LogP contribution in [0.15, 0.2) is 33.5 Å². The van der Waals surface area contributed by atoms with Gasteiger partial charge in [-0.3, -0.25) is 0 Å². The van der Waals surface area contributed by atoms with Gasteiger partial charge < -0.3 is 9.15 Å². The van der Waals surface area contributed by atoms with Crippen LogP contribution in [0.2, 0.25) is 0 Å². The highest BCUT2D eigenvalue weighted by Crippen LogP contribution is 2.27. The molecule has 3 nitrogen and oxygen atoms in total. The summed E-state index contributed by atoms with van der Waals surface area (Å²) in [5, 5.41) is 0.899. The quantitative estimate of drug-likeness (QED) is 0.628. The minimum atomic E-state index is -0.613. The van der Waals surface area contributed by atoms with Gasteiger partial charge in [0.05, 0.1) is 0 Å². The summed E-state index contributed by atoms with van der Waals surface area (Å²) in [5.41, 5.74) is 0.432. The molecule has 0 saturated carbocycles. The number of ether oxygens (including phenoxy) is 1. The van der Waals surface area contributed by atoms with Crippen LogP contribution in [0.4, 0.5) is 0 Å². The number of hydrogen-bond acceptors (Lipinski definition) is 3. The topological polar surface area (TPSA) is 39.4 Å². The van der Waals surface area contributed by atoms with E-state index < -0.39 is 5.60 Å². The molecule has 0 aliphatic carbocycles. The van der Waals surface area contributed by atoms with Crippen LogP contribution in [0, 0.1) is 19.3 Å². The fraction of sp³-hybridized carbons (Fsp3) is 0.353. The smallest absolute Gasteiger partial charge is 0.336 e. The normalized spacial score (nSPS) is 11.3. The molecule has 1 aromatic heterocycles. The predicted molar refractivity (Wildman–Crippen MR) is 80.0 cm³/mol. The van der Waals surface area contributed by atoms with Crippen LogP contribution in [0.1, 0.15) is 32.3 Å². The zero-order valence-electron chi connectivity index (χ0n) is 12.0. The summed E-state index contributed by atoms with van der Waals surface area (Å²) in [6.45, 7) is 5.87. The second-order valence-corrected chi connectivity index (χ2v) is 4.85. The lowest BCUT2D eigenvalue weighted by molar-refractivity contribution is 0.121. The van der Waals surface area contributed by atoms with Gasteiger partial charge in [-0.25, -0.2) is 4.79 Å². The zero-order chi connectivity index (χ0) is 14.8. The van der Waals surface area contributed by atoms with E-state index in [9.17, 15) is 4.79 Å². The van der Waals surface area contributed by atoms with E-state index in [0.717, 1.165) is 23.8 Å². The van der Waals surface area contributed by atoms with Gasteiger partial charge in [-0.1, -0.05) is 19.8 Å². The SMILES string of the molecule is C#CC(CC)(CC)Oc1ccc2c(C)cc(=O)oc2c1. The molecule has 2 rings (SSSR count). The maximum absolute atomic E-state index is 11.4. The zero-order valence-corrected chi connectivity index (χ0v) is 12.0. The Balaban J connectivity index is 2.47. The molecule has 0 amide bonds. The number of rotatable bonds is 4. The van der Waals surface area contributed by atoms with Crippen LogP contribution in [0.3, 0.4) is 0 Å². The lowest BCUT2D eigenvalue weighted by Crippen LogP contribution is -2.32. The first-order chi connectivity index (χ1) is 9.53. The molecule has 0 bridgehead atoms. The monoisotopic (exact) mass is 270 g/mol. The average Bonchev–Trinajstić information content (AvgIpc) is 2.44. The van der Waals surface area contributed by atoms with E-state index in [1.165, 1.54) is 6.07 Å². The van der Waals surface area contributed by atoms with Crippen molar-refractivity contribution in [3.63, 3.8) is 0 Å². The van der Waals surface area contributed by atoms with Crippen LogP contribution >= 0.6 is 0 Å². The summed E-state index contributed by atoms with van der Waals surface area (Å²) in [6.07, 6.45) is 7.03. The van der Waals surface area contributed by atoms with Crippen molar-refractivity contribution in [3.8, 4) is 18.1 Å². The fourth-order valence-electron chi connectivity index (χ4n) is 2.22. The van der Waals surface area contributed by atoms with Gasteiger partial charge in [-0.05, 0) is 37.5 Å². The van der Waals surface area contributed by atoms with Crippen molar-refractivity contribution in [1.29, 1.82) is 0 Å². The van der Waals surface area contributed by atoms with Gasteiger partial charge in [0.2, 0.25) is 0 Å². The Morgan fingerprint density at radius 2 is 2.00 bits per heavy atom. The molecule has 20 heavy (non-hydrogen) atoms. The van der Waals surface area contributed by atoms with Crippen molar-refractivity contribution >= 4 is 11.0 Å². The Morgan fingerprint density at radius 3 is 2.60 bits per heavy atom. The minimum absolute atomic E-state index is 0.360. The van der Waals surface area contributed by atoms with Gasteiger partial charge in [0.25, 0.3) is 0 Å². The summed E-state index contributed by atoms with van der Waals surface area (Å²) in [4.78, 5) is 11.4. The first kappa shape index (κ1) is 14.2. The van der Waals surface area contributed by atoms with Gasteiger partial charge >= 0.3 is 5.63 Å². The Kier molecular flexibility index (Phi) is 3.85. The van der Waals surface area contributed by atoms with E-state index in [1.54, 1.807) is 6.07 Å². The molecule has 0 saturated heterocycles. The van der Waals surface area contributed by atoms with Crippen LogP contribution < -0.4 is 10.4 Å². The molecular weight excluding hydrogens is 252 g/mol. The predicted octanol–water partition coefficient (Wildman–Crippen LogP) is 3.67. The second kappa shape index (κ2) is 5.42. The van der Waals surface area contributed by atoms with Crippen LogP contribution in [-0.4, -0.2) is 5.60 Å². The maximum Gasteiger partial charge on any atom is 0.336 e. The van der Waals surface area contributed by atoms with Crippen LogP contribution in [-0.2, 0) is 0 Å². The van der Waals surface area contributed by atoms with E-state index in [2.05, 4.69) is 5.92 Å². The summed E-state index contributed by atoms with van der Waals surface area (Å²) in [7, 11) is 0. The van der Waals surface area contributed by atoms with Crippen molar-refractivity contribution in [2.24, 2.45) is 0 Å². The lowest BCUT2D eigenvalue weighted by Gasteiger charge is -2.27. The van der Waals surface area contributed by atoms with E-state index in [1.807, 2.05) is 32.9 Å². The first-order valence-electron chi connectivity index (χ1n) is 6.75. The van der Waals surface area contributed by atoms with E-state index in [-0.39, 0.29) is 5.63 Å². The summed E-state index contributed by atoms with van der Waals surface area (Å²) < 4.78 is 11.2. The number of hydrogen-bond donors (Lipinski definition) is 0. The van der Waals surface area contributed by atoms with Crippen LogP contribution in [0.25, 0.3) is 11.0 Å². The maximum atomic E-state index is 11.4. The molecule has 1 heterocycles. The highest BCUT2D eigenvalue weighted by molar-refractivity contribution is 5.81. The summed E-state index contributed by atoms with van der Waals surface area (Å²) >= 11 is 0. The third-order valence-electron chi connectivity index (χ3n) is 3.64. The fourth-order valence-corrected chi connectivity index (χ4v) is 2.22. The Morgan fingerprint density at radius 1 is 1.30 bits per heavy atom. The summed E-state index contributed by atoms with van der Waals surface area (Å²) in [5.74, 6) is 3.34. The standard InChI is InChI=1S/C17H18O3/c1-5-17(6-2,7-3)20-13-8-9-14-12(4)10-16(18)19-15(14)11-13/h1,8-11H,6-7H2,2-4H3. The largest absolute Gasteiger partial charge is 0.474 e. The molecule has 0 atom stereocenters. The molecule has 0 aliphatic heterocycles. The number of benzene rings is 1. The number of fused-ring (bicyclic) bond motifs is 1. The highest BCUT2D eigenvalue weighted by atomic mass is 16.5. The van der Waals surface area contributed by atoms with Crippen LogP contribution in [0.5, 0.6) is 5.75 Å². The first-order valence-corrected chi connectivity index (χ1v) is 6.75.